The van der Waals surface area contributed by atoms with Gasteiger partial charge in [0.1, 0.15) is 0 Å². The van der Waals surface area contributed by atoms with E-state index in [1.165, 1.54) is 18.4 Å². The average Bonchev–Trinajstić information content (AvgIpc) is 2.83. The number of fused-ring (bicyclic) bond motifs is 1. The van der Waals surface area contributed by atoms with Gasteiger partial charge < -0.3 is 15.4 Å². The topological polar surface area (TPSA) is 63.2 Å². The molecule has 5 nitrogen and oxygen atoms in total. The zero-order valence-corrected chi connectivity index (χ0v) is 17.2. The van der Waals surface area contributed by atoms with E-state index in [4.69, 9.17) is 17.0 Å². The Morgan fingerprint density at radius 3 is 2.56 bits per heavy atom. The van der Waals surface area contributed by atoms with Crippen LogP contribution in [0.1, 0.15) is 51.4 Å². The molecule has 2 aromatic rings. The number of ether oxygens (including phenoxy) is 1. The predicted octanol–water partition coefficient (Wildman–Crippen LogP) is 4.58. The summed E-state index contributed by atoms with van der Waals surface area (Å²) in [6.07, 6.45) is 0.976. The van der Waals surface area contributed by atoms with Crippen LogP contribution in [0.3, 0.4) is 0 Å². The zero-order valence-electron chi connectivity index (χ0n) is 15.5. The molecule has 25 heavy (non-hydrogen) atoms. The Balaban J connectivity index is 2.09. The first-order valence-electron chi connectivity index (χ1n) is 8.07. The fraction of sp³-hybridized carbons (Fsp3) is 0.500. The van der Waals surface area contributed by atoms with E-state index in [2.05, 4.69) is 50.2 Å². The van der Waals surface area contributed by atoms with E-state index in [1.807, 2.05) is 6.07 Å². The molecule has 0 spiro atoms. The third-order valence-electron chi connectivity index (χ3n) is 3.45. The molecule has 0 saturated carbocycles. The van der Waals surface area contributed by atoms with Crippen molar-refractivity contribution >= 4 is 50.0 Å². The number of carbonyl (C=O) groups excluding carboxylic acids is 1. The number of thiazole rings is 1. The van der Waals surface area contributed by atoms with Crippen molar-refractivity contribution in [3.8, 4) is 0 Å². The van der Waals surface area contributed by atoms with Crippen molar-refractivity contribution in [3.63, 3.8) is 0 Å². The summed E-state index contributed by atoms with van der Waals surface area (Å²) in [6.45, 7) is 10.9. The number of anilines is 1. The number of methoxy groups -OCH3 is 1. The highest BCUT2D eigenvalue weighted by atomic mass is 32.1. The smallest absolute Gasteiger partial charge is 0.337 e. The third kappa shape index (κ3) is 5.64. The highest BCUT2D eigenvalue weighted by molar-refractivity contribution is 7.80. The molecule has 0 aliphatic heterocycles. The maximum atomic E-state index is 11.6. The molecule has 0 amide bonds. The number of hydrogen-bond donors (Lipinski definition) is 2. The lowest BCUT2D eigenvalue weighted by Crippen LogP contribution is -2.47. The molecule has 1 aromatic carbocycles. The van der Waals surface area contributed by atoms with E-state index in [1.54, 1.807) is 12.1 Å². The number of hydrogen-bond acceptors (Lipinski definition) is 5. The van der Waals surface area contributed by atoms with Gasteiger partial charge in [-0.25, -0.2) is 9.78 Å². The SMILES string of the molecule is COC(=O)c1ccc2nc(NC(=S)NC(C)(C)CC(C)(C)C)sc2c1. The van der Waals surface area contributed by atoms with Gasteiger partial charge in [0, 0.05) is 5.54 Å². The van der Waals surface area contributed by atoms with Crippen LogP contribution in [0.4, 0.5) is 5.13 Å². The molecule has 2 N–H and O–H groups in total. The van der Waals surface area contributed by atoms with Crippen LogP contribution in [0.5, 0.6) is 0 Å². The maximum Gasteiger partial charge on any atom is 0.337 e. The molecule has 0 bridgehead atoms. The minimum absolute atomic E-state index is 0.128. The number of nitrogens with one attached hydrogen (secondary N) is 2. The Hall–Kier alpha value is -1.73. The summed E-state index contributed by atoms with van der Waals surface area (Å²) in [4.78, 5) is 16.1. The molecule has 7 heteroatoms. The van der Waals surface area contributed by atoms with Crippen molar-refractivity contribution in [3.05, 3.63) is 23.8 Å². The Morgan fingerprint density at radius 2 is 1.96 bits per heavy atom. The summed E-state index contributed by atoms with van der Waals surface area (Å²) in [7, 11) is 1.37. The van der Waals surface area contributed by atoms with Gasteiger partial charge in [0.25, 0.3) is 0 Å². The van der Waals surface area contributed by atoms with Crippen molar-refractivity contribution < 1.29 is 9.53 Å². The minimum atomic E-state index is -0.356. The van der Waals surface area contributed by atoms with Gasteiger partial charge in [0.05, 0.1) is 22.9 Å². The molecule has 0 fully saturated rings. The van der Waals surface area contributed by atoms with Gasteiger partial charge in [-0.1, -0.05) is 32.1 Å². The second kappa shape index (κ2) is 7.25. The summed E-state index contributed by atoms with van der Waals surface area (Å²) >= 11 is 6.88. The van der Waals surface area contributed by atoms with Crippen LogP contribution >= 0.6 is 23.6 Å². The van der Waals surface area contributed by atoms with Gasteiger partial charge in [0.15, 0.2) is 10.2 Å². The quantitative estimate of drug-likeness (QED) is 0.599. The second-order valence-corrected chi connectivity index (χ2v) is 9.33. The molecule has 0 aliphatic carbocycles. The molecule has 2 rings (SSSR count). The summed E-state index contributed by atoms with van der Waals surface area (Å²) in [5.74, 6) is -0.356. The third-order valence-corrected chi connectivity index (χ3v) is 4.59. The molecule has 0 saturated heterocycles. The van der Waals surface area contributed by atoms with Crippen molar-refractivity contribution in [1.29, 1.82) is 0 Å². The number of rotatable bonds is 4. The summed E-state index contributed by atoms with van der Waals surface area (Å²) in [6, 6.07) is 5.30. The second-order valence-electron chi connectivity index (χ2n) is 7.89. The summed E-state index contributed by atoms with van der Waals surface area (Å²) in [5, 5.41) is 7.74. The lowest BCUT2D eigenvalue weighted by molar-refractivity contribution is 0.0601. The summed E-state index contributed by atoms with van der Waals surface area (Å²) < 4.78 is 5.65. The highest BCUT2D eigenvalue weighted by Gasteiger charge is 2.26. The Kier molecular flexibility index (Phi) is 5.68. The number of nitrogens with zero attached hydrogens (tertiary/aromatic N) is 1. The molecule has 0 radical (unpaired) electrons. The first-order chi connectivity index (χ1) is 11.5. The van der Waals surface area contributed by atoms with Gasteiger partial charge in [-0.3, -0.25) is 0 Å². The Bertz CT molecular complexity index is 791. The van der Waals surface area contributed by atoms with Crippen LogP contribution in [-0.2, 0) is 4.74 Å². The van der Waals surface area contributed by atoms with Gasteiger partial charge in [0.2, 0.25) is 0 Å². The van der Waals surface area contributed by atoms with Crippen LogP contribution in [0.15, 0.2) is 18.2 Å². The number of aromatic nitrogens is 1. The monoisotopic (exact) mass is 379 g/mol. The van der Waals surface area contributed by atoms with Crippen LogP contribution in [-0.4, -0.2) is 28.7 Å². The van der Waals surface area contributed by atoms with Crippen molar-refractivity contribution in [2.75, 3.05) is 12.4 Å². The molecule has 1 aromatic heterocycles. The van der Waals surface area contributed by atoms with Crippen molar-refractivity contribution in [2.45, 2.75) is 46.6 Å². The van der Waals surface area contributed by atoms with E-state index in [0.717, 1.165) is 16.6 Å². The minimum Gasteiger partial charge on any atom is -0.465 e. The van der Waals surface area contributed by atoms with E-state index >= 15 is 0 Å². The lowest BCUT2D eigenvalue weighted by Gasteiger charge is -2.34. The van der Waals surface area contributed by atoms with E-state index in [0.29, 0.717) is 15.8 Å². The van der Waals surface area contributed by atoms with E-state index < -0.39 is 0 Å². The van der Waals surface area contributed by atoms with Crippen molar-refractivity contribution in [1.82, 2.24) is 10.3 Å². The molecular weight excluding hydrogens is 354 g/mol. The zero-order chi connectivity index (χ0) is 18.8. The van der Waals surface area contributed by atoms with E-state index in [9.17, 15) is 4.79 Å². The van der Waals surface area contributed by atoms with E-state index in [-0.39, 0.29) is 16.9 Å². The average molecular weight is 380 g/mol. The Morgan fingerprint density at radius 1 is 1.28 bits per heavy atom. The first kappa shape index (κ1) is 19.6. The Labute approximate surface area is 158 Å². The standard InChI is InChI=1S/C18H25N3O2S2/c1-17(2,3)10-18(4,5)21-15(24)20-16-19-12-8-7-11(14(22)23-6)9-13(12)25-16/h7-9H,10H2,1-6H3,(H2,19,20,21,24). The normalized spacial score (nSPS) is 12.1. The molecular formula is C18H25N3O2S2. The van der Waals surface area contributed by atoms with Gasteiger partial charge in [-0.05, 0) is 56.1 Å². The molecule has 0 atom stereocenters. The number of benzene rings is 1. The number of thiocarbonyl (C=S) groups is 1. The fourth-order valence-electron chi connectivity index (χ4n) is 3.03. The predicted molar refractivity (Wildman–Crippen MR) is 108 cm³/mol. The molecule has 0 aliphatic rings. The molecule has 0 unspecified atom stereocenters. The molecule has 136 valence electrons. The number of esters is 1. The number of carbonyl (C=O) groups is 1. The lowest BCUT2D eigenvalue weighted by atomic mass is 9.82. The van der Waals surface area contributed by atoms with Gasteiger partial charge in [-0.15, -0.1) is 0 Å². The first-order valence-corrected chi connectivity index (χ1v) is 9.30. The van der Waals surface area contributed by atoms with Gasteiger partial charge >= 0.3 is 5.97 Å². The van der Waals surface area contributed by atoms with Crippen LogP contribution in [0, 0.1) is 5.41 Å². The maximum absolute atomic E-state index is 11.6. The largest absolute Gasteiger partial charge is 0.465 e. The van der Waals surface area contributed by atoms with Crippen LogP contribution in [0.25, 0.3) is 10.2 Å². The van der Waals surface area contributed by atoms with Crippen LogP contribution in [0.2, 0.25) is 0 Å². The van der Waals surface area contributed by atoms with Gasteiger partial charge in [-0.2, -0.15) is 0 Å². The molecule has 1 heterocycles. The van der Waals surface area contributed by atoms with Crippen molar-refractivity contribution in [2.24, 2.45) is 5.41 Å². The fourth-order valence-corrected chi connectivity index (χ4v) is 4.38. The highest BCUT2D eigenvalue weighted by Crippen LogP contribution is 2.29. The van der Waals surface area contributed by atoms with Crippen LogP contribution < -0.4 is 10.6 Å². The summed E-state index contributed by atoms with van der Waals surface area (Å²) in [5.41, 5.74) is 1.40.